The molecule has 26 heavy (non-hydrogen) atoms. The van der Waals surface area contributed by atoms with Gasteiger partial charge in [0.1, 0.15) is 5.82 Å². The second-order valence-corrected chi connectivity index (χ2v) is 9.54. The quantitative estimate of drug-likeness (QED) is 0.709. The molecule has 0 fully saturated rings. The molecule has 0 aliphatic rings. The van der Waals surface area contributed by atoms with Crippen LogP contribution in [0.5, 0.6) is 0 Å². The van der Waals surface area contributed by atoms with Crippen LogP contribution in [0.1, 0.15) is 24.2 Å². The molecular formula is C18H17FN2O3S2. The molecule has 1 heterocycles. The zero-order valence-electron chi connectivity index (χ0n) is 14.2. The fraction of sp³-hybridized carbons (Fsp3) is 0.222. The number of fused-ring (bicyclic) bond motifs is 1. The van der Waals surface area contributed by atoms with Crippen molar-refractivity contribution < 1.29 is 17.6 Å². The molecule has 5 nitrogen and oxygen atoms in total. The van der Waals surface area contributed by atoms with Gasteiger partial charge in [0.15, 0.2) is 0 Å². The Morgan fingerprint density at radius 3 is 2.54 bits per heavy atom. The Bertz CT molecular complexity index is 1060. The summed E-state index contributed by atoms with van der Waals surface area (Å²) >= 11 is 1.09. The van der Waals surface area contributed by atoms with E-state index in [2.05, 4.69) is 10.3 Å². The van der Waals surface area contributed by atoms with Gasteiger partial charge in [0.25, 0.3) is 5.91 Å². The molecule has 3 rings (SSSR count). The Labute approximate surface area is 154 Å². The first kappa shape index (κ1) is 18.5. The molecule has 0 unspecified atom stereocenters. The maximum Gasteiger partial charge on any atom is 0.255 e. The highest BCUT2D eigenvalue weighted by Crippen LogP contribution is 2.29. The van der Waals surface area contributed by atoms with Crippen LogP contribution in [-0.2, 0) is 9.84 Å². The monoisotopic (exact) mass is 392 g/mol. The van der Waals surface area contributed by atoms with Gasteiger partial charge in [-0.05, 0) is 48.4 Å². The number of thiazole rings is 1. The molecule has 8 heteroatoms. The van der Waals surface area contributed by atoms with Crippen molar-refractivity contribution in [2.45, 2.75) is 18.2 Å². The zero-order chi connectivity index (χ0) is 18.9. The van der Waals surface area contributed by atoms with E-state index in [1.54, 1.807) is 18.2 Å². The number of carbonyl (C=O) groups excluding carboxylic acids is 1. The van der Waals surface area contributed by atoms with Crippen LogP contribution in [-0.4, -0.2) is 25.1 Å². The highest BCUT2D eigenvalue weighted by molar-refractivity contribution is 7.93. The van der Waals surface area contributed by atoms with Crippen LogP contribution in [0.25, 0.3) is 10.2 Å². The summed E-state index contributed by atoms with van der Waals surface area (Å²) in [6.07, 6.45) is 0. The third-order valence-corrected chi connectivity index (χ3v) is 7.11. The van der Waals surface area contributed by atoms with E-state index in [0.717, 1.165) is 11.3 Å². The minimum absolute atomic E-state index is 0.0116. The number of nitrogens with one attached hydrogen (secondary N) is 1. The van der Waals surface area contributed by atoms with E-state index in [0.29, 0.717) is 21.5 Å². The second kappa shape index (κ2) is 7.13. The number of rotatable bonds is 5. The van der Waals surface area contributed by atoms with Gasteiger partial charge in [-0.1, -0.05) is 13.8 Å². The summed E-state index contributed by atoms with van der Waals surface area (Å²) in [5.74, 6) is -0.733. The molecule has 0 saturated carbocycles. The van der Waals surface area contributed by atoms with E-state index in [-0.39, 0.29) is 21.9 Å². The van der Waals surface area contributed by atoms with Gasteiger partial charge in [-0.15, -0.1) is 11.3 Å². The van der Waals surface area contributed by atoms with E-state index < -0.39 is 15.7 Å². The Morgan fingerprint density at radius 2 is 1.88 bits per heavy atom. The molecule has 136 valence electrons. The molecule has 0 spiro atoms. The molecule has 0 aliphatic carbocycles. The molecule has 0 atom stereocenters. The topological polar surface area (TPSA) is 76.1 Å². The van der Waals surface area contributed by atoms with Crippen molar-refractivity contribution in [1.29, 1.82) is 0 Å². The lowest BCUT2D eigenvalue weighted by Gasteiger charge is -2.05. The number of amides is 1. The normalized spacial score (nSPS) is 11.8. The van der Waals surface area contributed by atoms with Crippen molar-refractivity contribution in [2.75, 3.05) is 11.1 Å². The second-order valence-electron chi connectivity index (χ2n) is 6.30. The average Bonchev–Trinajstić information content (AvgIpc) is 2.98. The standard InChI is InChI=1S/C18H17FN2O3S2/c1-11(2)10-26(23,24)18-21-15-8-7-14(9-16(15)25-18)20-17(22)12-3-5-13(19)6-4-12/h3-9,11H,10H2,1-2H3,(H,20,22). The summed E-state index contributed by atoms with van der Waals surface area (Å²) in [5, 5.41) is 2.72. The number of anilines is 1. The molecular weight excluding hydrogens is 375 g/mol. The molecule has 1 aromatic heterocycles. The maximum atomic E-state index is 12.9. The number of hydrogen-bond acceptors (Lipinski definition) is 5. The Kier molecular flexibility index (Phi) is 5.06. The minimum atomic E-state index is -3.42. The molecule has 0 aliphatic heterocycles. The lowest BCUT2D eigenvalue weighted by molar-refractivity contribution is 0.102. The fourth-order valence-electron chi connectivity index (χ4n) is 2.43. The van der Waals surface area contributed by atoms with Gasteiger partial charge in [-0.25, -0.2) is 17.8 Å². The number of hydrogen-bond donors (Lipinski definition) is 1. The van der Waals surface area contributed by atoms with Gasteiger partial charge in [-0.2, -0.15) is 0 Å². The Hall–Kier alpha value is -2.32. The molecule has 0 bridgehead atoms. The third-order valence-electron chi connectivity index (χ3n) is 3.55. The van der Waals surface area contributed by atoms with Gasteiger partial charge < -0.3 is 5.32 Å². The van der Waals surface area contributed by atoms with Gasteiger partial charge in [-0.3, -0.25) is 4.79 Å². The first-order valence-corrected chi connectivity index (χ1v) is 10.4. The van der Waals surface area contributed by atoms with Crippen LogP contribution < -0.4 is 5.32 Å². The summed E-state index contributed by atoms with van der Waals surface area (Å²) in [6, 6.07) is 10.2. The molecule has 1 amide bonds. The zero-order valence-corrected chi connectivity index (χ0v) is 15.8. The summed E-state index contributed by atoms with van der Waals surface area (Å²) in [6.45, 7) is 3.68. The Morgan fingerprint density at radius 1 is 1.19 bits per heavy atom. The van der Waals surface area contributed by atoms with Crippen molar-refractivity contribution in [2.24, 2.45) is 5.92 Å². The van der Waals surface area contributed by atoms with Crippen molar-refractivity contribution in [1.82, 2.24) is 4.98 Å². The van der Waals surface area contributed by atoms with Crippen molar-refractivity contribution in [3.63, 3.8) is 0 Å². The van der Waals surface area contributed by atoms with E-state index in [9.17, 15) is 17.6 Å². The van der Waals surface area contributed by atoms with Crippen molar-refractivity contribution in [3.8, 4) is 0 Å². The Balaban J connectivity index is 1.85. The van der Waals surface area contributed by atoms with Crippen LogP contribution in [0.15, 0.2) is 46.8 Å². The third kappa shape index (κ3) is 4.08. The number of aromatic nitrogens is 1. The predicted molar refractivity (Wildman–Crippen MR) is 101 cm³/mol. The largest absolute Gasteiger partial charge is 0.322 e. The number of halogens is 1. The van der Waals surface area contributed by atoms with Crippen molar-refractivity contribution in [3.05, 3.63) is 53.8 Å². The molecule has 2 aromatic carbocycles. The summed E-state index contributed by atoms with van der Waals surface area (Å²) in [7, 11) is -3.42. The van der Waals surface area contributed by atoms with Crippen molar-refractivity contribution >= 4 is 43.0 Å². The smallest absolute Gasteiger partial charge is 0.255 e. The lowest BCUT2D eigenvalue weighted by atomic mass is 10.2. The van der Waals surface area contributed by atoms with Gasteiger partial charge in [0.2, 0.25) is 14.2 Å². The lowest BCUT2D eigenvalue weighted by Crippen LogP contribution is -2.11. The predicted octanol–water partition coefficient (Wildman–Crippen LogP) is 4.12. The van der Waals surface area contributed by atoms with Gasteiger partial charge in [0, 0.05) is 11.3 Å². The highest BCUT2D eigenvalue weighted by Gasteiger charge is 2.21. The SMILES string of the molecule is CC(C)CS(=O)(=O)c1nc2ccc(NC(=O)c3ccc(F)cc3)cc2s1. The number of benzene rings is 2. The van der Waals surface area contributed by atoms with E-state index in [1.807, 2.05) is 13.8 Å². The highest BCUT2D eigenvalue weighted by atomic mass is 32.2. The molecule has 0 saturated heterocycles. The van der Waals surface area contributed by atoms with Crippen LogP contribution in [0.3, 0.4) is 0 Å². The molecule has 1 N–H and O–H groups in total. The molecule has 0 radical (unpaired) electrons. The number of nitrogens with zero attached hydrogens (tertiary/aromatic N) is 1. The summed E-state index contributed by atoms with van der Waals surface area (Å²) < 4.78 is 38.4. The first-order valence-electron chi connectivity index (χ1n) is 7.95. The summed E-state index contributed by atoms with van der Waals surface area (Å²) in [5.41, 5.74) is 1.41. The van der Waals surface area contributed by atoms with Gasteiger partial charge in [0.05, 0.1) is 16.0 Å². The van der Waals surface area contributed by atoms with E-state index >= 15 is 0 Å². The van der Waals surface area contributed by atoms with Crippen LogP contribution in [0, 0.1) is 11.7 Å². The van der Waals surface area contributed by atoms with E-state index in [1.165, 1.54) is 24.3 Å². The summed E-state index contributed by atoms with van der Waals surface area (Å²) in [4.78, 5) is 16.4. The first-order chi connectivity index (χ1) is 12.2. The van der Waals surface area contributed by atoms with Gasteiger partial charge >= 0.3 is 0 Å². The fourth-order valence-corrected chi connectivity index (χ4v) is 5.40. The molecule has 3 aromatic rings. The average molecular weight is 392 g/mol. The minimum Gasteiger partial charge on any atom is -0.322 e. The van der Waals surface area contributed by atoms with Crippen LogP contribution in [0.2, 0.25) is 0 Å². The number of sulfone groups is 1. The number of carbonyl (C=O) groups is 1. The maximum absolute atomic E-state index is 12.9. The van der Waals surface area contributed by atoms with Crippen LogP contribution in [0.4, 0.5) is 10.1 Å². The van der Waals surface area contributed by atoms with E-state index in [4.69, 9.17) is 0 Å². The van der Waals surface area contributed by atoms with Crippen LogP contribution >= 0.6 is 11.3 Å².